The van der Waals surface area contributed by atoms with Crippen LogP contribution in [0.4, 0.5) is 4.39 Å². The van der Waals surface area contributed by atoms with Crippen LogP contribution in [0, 0.1) is 5.82 Å². The van der Waals surface area contributed by atoms with E-state index < -0.39 is 18.0 Å². The van der Waals surface area contributed by atoms with E-state index in [9.17, 15) is 14.3 Å². The van der Waals surface area contributed by atoms with Gasteiger partial charge in [0.15, 0.2) is 0 Å². The molecule has 1 amide bonds. The number of aliphatic hydroxyl groups is 1. The van der Waals surface area contributed by atoms with Crippen LogP contribution >= 0.6 is 0 Å². The molecule has 1 saturated carbocycles. The molecule has 0 radical (unpaired) electrons. The lowest BCUT2D eigenvalue weighted by Gasteiger charge is -2.48. The Morgan fingerprint density at radius 3 is 2.58 bits per heavy atom. The highest BCUT2D eigenvalue weighted by Crippen LogP contribution is 2.49. The van der Waals surface area contributed by atoms with Crippen molar-refractivity contribution >= 4 is 5.91 Å². The molecule has 0 saturated heterocycles. The molecular formula is C36H38FN3O3. The van der Waals surface area contributed by atoms with Crippen molar-refractivity contribution in [1.82, 2.24) is 15.6 Å². The summed E-state index contributed by atoms with van der Waals surface area (Å²) in [5.41, 5.74) is 4.30. The van der Waals surface area contributed by atoms with Crippen LogP contribution in [-0.4, -0.2) is 40.3 Å². The Kier molecular flexibility index (Phi) is 8.54. The average Bonchev–Trinajstić information content (AvgIpc) is 3.02. The van der Waals surface area contributed by atoms with E-state index in [1.54, 1.807) is 30.3 Å². The van der Waals surface area contributed by atoms with Crippen molar-refractivity contribution < 1.29 is 19.0 Å². The highest BCUT2D eigenvalue weighted by atomic mass is 19.1. The number of halogens is 1. The number of carbonyl (C=O) groups excluding carboxylic acids is 1. The molecule has 43 heavy (non-hydrogen) atoms. The number of aryl methyl sites for hydroxylation is 1. The molecule has 1 aromatic heterocycles. The normalized spacial score (nSPS) is 18.2. The summed E-state index contributed by atoms with van der Waals surface area (Å²) < 4.78 is 20.9. The van der Waals surface area contributed by atoms with E-state index in [1.165, 1.54) is 17.8 Å². The third-order valence-corrected chi connectivity index (χ3v) is 8.85. The SMILES string of the molecule is CCc1ccc2c(c1)[C@@H](NC[C@H](O)[C@H](Cc1ccccc1)NC(=O)c1ccnc(-c3ccccc3F)c1)CC1(CCC1)O2. The van der Waals surface area contributed by atoms with Gasteiger partial charge in [-0.3, -0.25) is 9.78 Å². The number of nitrogens with zero attached hydrogens (tertiary/aromatic N) is 1. The lowest BCUT2D eigenvalue weighted by atomic mass is 9.72. The van der Waals surface area contributed by atoms with Gasteiger partial charge in [-0.25, -0.2) is 4.39 Å². The van der Waals surface area contributed by atoms with Crippen LogP contribution in [0.25, 0.3) is 11.3 Å². The number of aliphatic hydroxyl groups excluding tert-OH is 1. The monoisotopic (exact) mass is 579 g/mol. The van der Waals surface area contributed by atoms with Gasteiger partial charge in [-0.2, -0.15) is 0 Å². The number of nitrogens with one attached hydrogen (secondary N) is 2. The van der Waals surface area contributed by atoms with E-state index in [0.29, 0.717) is 29.8 Å². The molecule has 6 rings (SSSR count). The zero-order chi connectivity index (χ0) is 29.8. The highest BCUT2D eigenvalue weighted by Gasteiger charge is 2.45. The number of ether oxygens (including phenoxy) is 1. The molecule has 7 heteroatoms. The molecule has 3 N–H and O–H groups in total. The summed E-state index contributed by atoms with van der Waals surface area (Å²) in [6.45, 7) is 2.44. The van der Waals surface area contributed by atoms with Gasteiger partial charge < -0.3 is 20.5 Å². The first-order valence-electron chi connectivity index (χ1n) is 15.2. The predicted octanol–water partition coefficient (Wildman–Crippen LogP) is 6.19. The summed E-state index contributed by atoms with van der Waals surface area (Å²) >= 11 is 0. The fraction of sp³-hybridized carbons (Fsp3) is 0.333. The highest BCUT2D eigenvalue weighted by molar-refractivity contribution is 5.95. The molecule has 2 heterocycles. The van der Waals surface area contributed by atoms with E-state index in [2.05, 4.69) is 40.7 Å². The molecule has 1 spiro atoms. The van der Waals surface area contributed by atoms with Gasteiger partial charge in [-0.1, -0.05) is 61.5 Å². The van der Waals surface area contributed by atoms with Gasteiger partial charge in [0.05, 0.1) is 17.8 Å². The standard InChI is InChI=1S/C36H38FN3O3/c1-2-24-13-14-34-28(19-24)32(22-36(43-34)16-8-17-36)39-23-33(41)31(20-25-9-4-3-5-10-25)40-35(42)26-15-18-38-30(21-26)27-11-6-7-12-29(27)37/h3-7,9-15,18-19,21,31-33,39,41H,2,8,16-17,20,22-23H2,1H3,(H,40,42)/t31-,32-,33-/m0/s1. The summed E-state index contributed by atoms with van der Waals surface area (Å²) in [6, 6.07) is 25.3. The molecule has 1 fully saturated rings. The van der Waals surface area contributed by atoms with Gasteiger partial charge in [0.25, 0.3) is 5.91 Å². The van der Waals surface area contributed by atoms with Crippen LogP contribution in [0.2, 0.25) is 0 Å². The van der Waals surface area contributed by atoms with Crippen molar-refractivity contribution in [2.45, 2.75) is 69.2 Å². The summed E-state index contributed by atoms with van der Waals surface area (Å²) in [6.07, 6.45) is 6.12. The minimum atomic E-state index is -0.866. The fourth-order valence-electron chi connectivity index (χ4n) is 6.20. The summed E-state index contributed by atoms with van der Waals surface area (Å²) in [5, 5.41) is 18.2. The molecule has 2 aliphatic rings. The van der Waals surface area contributed by atoms with Crippen LogP contribution in [0.3, 0.4) is 0 Å². The largest absolute Gasteiger partial charge is 0.487 e. The van der Waals surface area contributed by atoms with E-state index >= 15 is 0 Å². The summed E-state index contributed by atoms with van der Waals surface area (Å²) in [4.78, 5) is 17.8. The van der Waals surface area contributed by atoms with Crippen LogP contribution in [-0.2, 0) is 12.8 Å². The van der Waals surface area contributed by atoms with Crippen molar-refractivity contribution in [2.24, 2.45) is 0 Å². The maximum absolute atomic E-state index is 14.4. The summed E-state index contributed by atoms with van der Waals surface area (Å²) in [7, 11) is 0. The number of hydrogen-bond donors (Lipinski definition) is 3. The molecule has 4 aromatic rings. The van der Waals surface area contributed by atoms with Gasteiger partial charge >= 0.3 is 0 Å². The minimum Gasteiger partial charge on any atom is -0.487 e. The van der Waals surface area contributed by atoms with Crippen molar-refractivity contribution in [2.75, 3.05) is 6.54 Å². The molecule has 222 valence electrons. The minimum absolute atomic E-state index is 0.0433. The average molecular weight is 580 g/mol. The molecule has 1 aliphatic carbocycles. The molecule has 6 nitrogen and oxygen atoms in total. The second-order valence-electron chi connectivity index (χ2n) is 11.8. The zero-order valence-corrected chi connectivity index (χ0v) is 24.4. The lowest BCUT2D eigenvalue weighted by molar-refractivity contribution is -0.0382. The smallest absolute Gasteiger partial charge is 0.251 e. The van der Waals surface area contributed by atoms with E-state index in [1.807, 2.05) is 30.3 Å². The van der Waals surface area contributed by atoms with Crippen molar-refractivity contribution in [3.8, 4) is 17.0 Å². The van der Waals surface area contributed by atoms with Gasteiger partial charge in [-0.15, -0.1) is 0 Å². The van der Waals surface area contributed by atoms with Crippen molar-refractivity contribution in [3.05, 3.63) is 119 Å². The Morgan fingerprint density at radius 2 is 1.84 bits per heavy atom. The van der Waals surface area contributed by atoms with Crippen LogP contribution in [0.1, 0.15) is 65.7 Å². The second-order valence-corrected chi connectivity index (χ2v) is 11.8. The van der Waals surface area contributed by atoms with E-state index in [4.69, 9.17) is 4.74 Å². The number of rotatable bonds is 10. The molecular weight excluding hydrogens is 541 g/mol. The first kappa shape index (κ1) is 29.0. The maximum atomic E-state index is 14.4. The zero-order valence-electron chi connectivity index (χ0n) is 24.4. The van der Waals surface area contributed by atoms with Gasteiger partial charge in [-0.05, 0) is 73.6 Å². The van der Waals surface area contributed by atoms with Gasteiger partial charge in [0.2, 0.25) is 0 Å². The van der Waals surface area contributed by atoms with Gasteiger partial charge in [0.1, 0.15) is 17.2 Å². The number of amides is 1. The second kappa shape index (κ2) is 12.7. The molecule has 3 aromatic carbocycles. The van der Waals surface area contributed by atoms with Crippen LogP contribution < -0.4 is 15.4 Å². The summed E-state index contributed by atoms with van der Waals surface area (Å²) in [5.74, 6) is 0.172. The number of carbonyl (C=O) groups is 1. The van der Waals surface area contributed by atoms with E-state index in [0.717, 1.165) is 49.0 Å². The van der Waals surface area contributed by atoms with Crippen LogP contribution in [0.5, 0.6) is 5.75 Å². The number of hydrogen-bond acceptors (Lipinski definition) is 5. The number of pyridine rings is 1. The third kappa shape index (κ3) is 6.48. The molecule has 0 unspecified atom stereocenters. The third-order valence-electron chi connectivity index (χ3n) is 8.85. The number of aromatic nitrogens is 1. The Labute approximate surface area is 252 Å². The van der Waals surface area contributed by atoms with E-state index in [-0.39, 0.29) is 17.6 Å². The molecule has 0 bridgehead atoms. The maximum Gasteiger partial charge on any atom is 0.251 e. The Hall–Kier alpha value is -4.07. The first-order chi connectivity index (χ1) is 20.9. The Morgan fingerprint density at radius 1 is 1.05 bits per heavy atom. The number of benzene rings is 3. The Bertz CT molecular complexity index is 1570. The first-order valence-corrected chi connectivity index (χ1v) is 15.2. The fourth-order valence-corrected chi connectivity index (χ4v) is 6.20. The molecule has 1 aliphatic heterocycles. The van der Waals surface area contributed by atoms with Crippen LogP contribution in [0.15, 0.2) is 91.1 Å². The van der Waals surface area contributed by atoms with Crippen molar-refractivity contribution in [3.63, 3.8) is 0 Å². The Balaban J connectivity index is 1.20. The van der Waals surface area contributed by atoms with Gasteiger partial charge in [0, 0.05) is 41.9 Å². The quantitative estimate of drug-likeness (QED) is 0.209. The van der Waals surface area contributed by atoms with Crippen molar-refractivity contribution in [1.29, 1.82) is 0 Å². The number of fused-ring (bicyclic) bond motifs is 1. The topological polar surface area (TPSA) is 83.5 Å². The lowest BCUT2D eigenvalue weighted by Crippen LogP contribution is -2.52. The predicted molar refractivity (Wildman–Crippen MR) is 165 cm³/mol. The molecule has 3 atom stereocenters.